The molecule has 0 spiro atoms. The molecule has 1 aliphatic rings. The quantitative estimate of drug-likeness (QED) is 0.603. The lowest BCUT2D eigenvalue weighted by Crippen LogP contribution is -2.38. The molecule has 11 heavy (non-hydrogen) atoms. The van der Waals surface area contributed by atoms with Gasteiger partial charge < -0.3 is 10.1 Å². The predicted molar refractivity (Wildman–Crippen MR) is 42.2 cm³/mol. The molecule has 0 aromatic carbocycles. The van der Waals surface area contributed by atoms with Gasteiger partial charge in [0.15, 0.2) is 0 Å². The van der Waals surface area contributed by atoms with Gasteiger partial charge in [0.25, 0.3) is 0 Å². The molecule has 0 aliphatic carbocycles. The molecule has 0 aromatic heterocycles. The normalized spacial score (nSPS) is 31.5. The molecule has 1 rings (SSSR count). The van der Waals surface area contributed by atoms with Crippen LogP contribution in [0.5, 0.6) is 0 Å². The molecule has 1 N–H and O–H groups in total. The molecular formula is C8H15NO2. The summed E-state index contributed by atoms with van der Waals surface area (Å²) >= 11 is 0. The van der Waals surface area contributed by atoms with Crippen LogP contribution in [-0.2, 0) is 9.53 Å². The molecule has 0 radical (unpaired) electrons. The van der Waals surface area contributed by atoms with Crippen LogP contribution in [0.25, 0.3) is 0 Å². The van der Waals surface area contributed by atoms with Crippen LogP contribution in [0.1, 0.15) is 19.8 Å². The molecule has 1 heterocycles. The third-order valence-electron chi connectivity index (χ3n) is 2.19. The van der Waals surface area contributed by atoms with E-state index in [4.69, 9.17) is 4.74 Å². The second kappa shape index (κ2) is 3.72. The maximum Gasteiger partial charge on any atom is 0.225 e. The van der Waals surface area contributed by atoms with E-state index < -0.39 is 0 Å². The fourth-order valence-electron chi connectivity index (χ4n) is 1.45. The number of nitrogens with one attached hydrogen (secondary N) is 1. The zero-order valence-electron chi connectivity index (χ0n) is 7.09. The largest absolute Gasteiger partial charge is 0.378 e. The fourth-order valence-corrected chi connectivity index (χ4v) is 1.45. The Morgan fingerprint density at radius 3 is 2.91 bits per heavy atom. The van der Waals surface area contributed by atoms with Crippen LogP contribution in [0.4, 0.5) is 0 Å². The molecule has 3 heteroatoms. The number of carbonyl (C=O) groups excluding carboxylic acids is 1. The second-order valence-corrected chi connectivity index (χ2v) is 2.94. The average molecular weight is 157 g/mol. The van der Waals surface area contributed by atoms with Gasteiger partial charge in [-0.05, 0) is 19.8 Å². The summed E-state index contributed by atoms with van der Waals surface area (Å²) in [6.07, 6.45) is 2.05. The first-order valence-electron chi connectivity index (χ1n) is 4.09. The highest BCUT2D eigenvalue weighted by molar-refractivity contribution is 5.78. The molecular weight excluding hydrogens is 142 g/mol. The third kappa shape index (κ3) is 1.93. The first kappa shape index (κ1) is 8.53. The van der Waals surface area contributed by atoms with Gasteiger partial charge >= 0.3 is 0 Å². The van der Waals surface area contributed by atoms with Crippen molar-refractivity contribution >= 4 is 5.91 Å². The van der Waals surface area contributed by atoms with E-state index in [0.717, 1.165) is 19.4 Å². The number of hydrogen-bond donors (Lipinski definition) is 1. The minimum absolute atomic E-state index is 0.0637. The Labute approximate surface area is 67.1 Å². The van der Waals surface area contributed by atoms with Crippen LogP contribution in [0.3, 0.4) is 0 Å². The highest BCUT2D eigenvalue weighted by Gasteiger charge is 2.27. The maximum atomic E-state index is 11.2. The maximum absolute atomic E-state index is 11.2. The van der Waals surface area contributed by atoms with Gasteiger partial charge in [0.2, 0.25) is 5.91 Å². The van der Waals surface area contributed by atoms with Crippen molar-refractivity contribution in [2.75, 3.05) is 13.7 Å². The summed E-state index contributed by atoms with van der Waals surface area (Å²) in [7, 11) is 1.67. The SMILES string of the molecule is CNC(=O)[C@@H]1CCCO[C@@H]1C. The topological polar surface area (TPSA) is 38.3 Å². The Morgan fingerprint density at radius 2 is 2.36 bits per heavy atom. The first-order valence-corrected chi connectivity index (χ1v) is 4.09. The van der Waals surface area contributed by atoms with Crippen molar-refractivity contribution in [1.82, 2.24) is 5.32 Å². The zero-order chi connectivity index (χ0) is 8.27. The lowest BCUT2D eigenvalue weighted by Gasteiger charge is -2.27. The molecule has 2 atom stereocenters. The lowest BCUT2D eigenvalue weighted by atomic mass is 9.95. The van der Waals surface area contributed by atoms with E-state index in [1.54, 1.807) is 7.05 Å². The third-order valence-corrected chi connectivity index (χ3v) is 2.19. The van der Waals surface area contributed by atoms with Crippen LogP contribution < -0.4 is 5.32 Å². The number of amides is 1. The molecule has 1 amide bonds. The molecule has 1 fully saturated rings. The average Bonchev–Trinajstić information content (AvgIpc) is 2.04. The van der Waals surface area contributed by atoms with E-state index in [-0.39, 0.29) is 17.9 Å². The Hall–Kier alpha value is -0.570. The zero-order valence-corrected chi connectivity index (χ0v) is 7.09. The minimum Gasteiger partial charge on any atom is -0.378 e. The highest BCUT2D eigenvalue weighted by Crippen LogP contribution is 2.20. The summed E-state index contributed by atoms with van der Waals surface area (Å²) in [5.74, 6) is 0.172. The van der Waals surface area contributed by atoms with Crippen LogP contribution >= 0.6 is 0 Å². The molecule has 1 saturated heterocycles. The van der Waals surface area contributed by atoms with E-state index >= 15 is 0 Å². The van der Waals surface area contributed by atoms with Gasteiger partial charge in [-0.3, -0.25) is 4.79 Å². The van der Waals surface area contributed by atoms with Crippen molar-refractivity contribution in [2.24, 2.45) is 5.92 Å². The van der Waals surface area contributed by atoms with Gasteiger partial charge in [-0.25, -0.2) is 0 Å². The number of rotatable bonds is 1. The van der Waals surface area contributed by atoms with Gasteiger partial charge in [0, 0.05) is 13.7 Å². The Morgan fingerprint density at radius 1 is 1.64 bits per heavy atom. The molecule has 3 nitrogen and oxygen atoms in total. The van der Waals surface area contributed by atoms with E-state index in [1.807, 2.05) is 6.92 Å². The van der Waals surface area contributed by atoms with E-state index in [2.05, 4.69) is 5.32 Å². The molecule has 64 valence electrons. The van der Waals surface area contributed by atoms with Crippen LogP contribution in [0, 0.1) is 5.92 Å². The van der Waals surface area contributed by atoms with E-state index in [9.17, 15) is 4.79 Å². The summed E-state index contributed by atoms with van der Waals surface area (Å²) in [5.41, 5.74) is 0. The molecule has 0 bridgehead atoms. The van der Waals surface area contributed by atoms with Gasteiger partial charge in [-0.15, -0.1) is 0 Å². The molecule has 0 saturated carbocycles. The van der Waals surface area contributed by atoms with Crippen molar-refractivity contribution in [3.05, 3.63) is 0 Å². The van der Waals surface area contributed by atoms with Crippen molar-refractivity contribution in [2.45, 2.75) is 25.9 Å². The minimum atomic E-state index is 0.0637. The van der Waals surface area contributed by atoms with Crippen LogP contribution in [0.15, 0.2) is 0 Å². The second-order valence-electron chi connectivity index (χ2n) is 2.94. The van der Waals surface area contributed by atoms with Gasteiger partial charge in [-0.2, -0.15) is 0 Å². The number of carbonyl (C=O) groups is 1. The molecule has 0 aromatic rings. The van der Waals surface area contributed by atoms with Crippen molar-refractivity contribution in [3.63, 3.8) is 0 Å². The van der Waals surface area contributed by atoms with Gasteiger partial charge in [0.05, 0.1) is 12.0 Å². The van der Waals surface area contributed by atoms with Gasteiger partial charge in [-0.1, -0.05) is 0 Å². The monoisotopic (exact) mass is 157 g/mol. The van der Waals surface area contributed by atoms with E-state index in [1.165, 1.54) is 0 Å². The summed E-state index contributed by atoms with van der Waals surface area (Å²) in [6, 6.07) is 0. The van der Waals surface area contributed by atoms with Gasteiger partial charge in [0.1, 0.15) is 0 Å². The van der Waals surface area contributed by atoms with Crippen molar-refractivity contribution < 1.29 is 9.53 Å². The number of ether oxygens (including phenoxy) is 1. The Bertz CT molecular complexity index is 147. The van der Waals surface area contributed by atoms with Crippen molar-refractivity contribution in [3.8, 4) is 0 Å². The van der Waals surface area contributed by atoms with E-state index in [0.29, 0.717) is 0 Å². The van der Waals surface area contributed by atoms with Crippen LogP contribution in [-0.4, -0.2) is 25.7 Å². The fraction of sp³-hybridized carbons (Fsp3) is 0.875. The van der Waals surface area contributed by atoms with Crippen molar-refractivity contribution in [1.29, 1.82) is 0 Å². The van der Waals surface area contributed by atoms with Crippen LogP contribution in [0.2, 0.25) is 0 Å². The summed E-state index contributed by atoms with van der Waals surface area (Å²) in [5, 5.41) is 2.65. The summed E-state index contributed by atoms with van der Waals surface area (Å²) < 4.78 is 5.35. The highest BCUT2D eigenvalue weighted by atomic mass is 16.5. The first-order chi connectivity index (χ1) is 5.25. The molecule has 1 aliphatic heterocycles. The number of hydrogen-bond acceptors (Lipinski definition) is 2. The standard InChI is InChI=1S/C8H15NO2/c1-6-7(8(10)9-2)4-3-5-11-6/h6-7H,3-5H2,1-2H3,(H,9,10)/t6-,7-/m1/s1. The molecule has 0 unspecified atom stereocenters. The lowest BCUT2D eigenvalue weighted by molar-refractivity contribution is -0.132. The summed E-state index contributed by atoms with van der Waals surface area (Å²) in [6.45, 7) is 2.76. The predicted octanol–water partition coefficient (Wildman–Crippen LogP) is 0.547. The smallest absolute Gasteiger partial charge is 0.225 e. The Balaban J connectivity index is 2.47. The Kier molecular flexibility index (Phi) is 2.88. The summed E-state index contributed by atoms with van der Waals surface area (Å²) in [4.78, 5) is 11.2.